The molecule has 0 aliphatic heterocycles. The van der Waals surface area contributed by atoms with Gasteiger partial charge in [-0.25, -0.2) is 0 Å². The molecule has 2 atom stereocenters. The van der Waals surface area contributed by atoms with Crippen molar-refractivity contribution in [3.05, 3.63) is 22.4 Å². The summed E-state index contributed by atoms with van der Waals surface area (Å²) < 4.78 is 0. The molecule has 2 heteroatoms. The maximum absolute atomic E-state index is 10.4. The Hall–Kier alpha value is -0.340. The maximum atomic E-state index is 10.4. The first-order valence-electron chi connectivity index (χ1n) is 4.69. The molecule has 1 N–H and O–H groups in total. The summed E-state index contributed by atoms with van der Waals surface area (Å²) in [6.45, 7) is 6.38. The lowest BCUT2D eigenvalue weighted by molar-refractivity contribution is 0.0213. The molecule has 1 aromatic rings. The van der Waals surface area contributed by atoms with E-state index >= 15 is 0 Å². The lowest BCUT2D eigenvalue weighted by Crippen LogP contribution is -2.25. The first-order chi connectivity index (χ1) is 5.94. The van der Waals surface area contributed by atoms with Crippen molar-refractivity contribution < 1.29 is 5.11 Å². The van der Waals surface area contributed by atoms with Gasteiger partial charge in [0.1, 0.15) is 0 Å². The SMILES string of the molecule is CC1(C)CC1C(C)(O)c1ccsc1. The molecule has 2 unspecified atom stereocenters. The normalized spacial score (nSPS) is 29.7. The monoisotopic (exact) mass is 196 g/mol. The zero-order valence-electron chi connectivity index (χ0n) is 8.37. The van der Waals surface area contributed by atoms with Crippen LogP contribution in [-0.4, -0.2) is 5.11 Å². The fourth-order valence-corrected chi connectivity index (χ4v) is 2.95. The van der Waals surface area contributed by atoms with E-state index < -0.39 is 5.60 Å². The van der Waals surface area contributed by atoms with E-state index in [0.717, 1.165) is 12.0 Å². The Morgan fingerprint density at radius 2 is 2.23 bits per heavy atom. The first kappa shape index (κ1) is 9.22. The molecule has 1 saturated carbocycles. The van der Waals surface area contributed by atoms with Crippen LogP contribution in [0.1, 0.15) is 32.8 Å². The summed E-state index contributed by atoms with van der Waals surface area (Å²) in [7, 11) is 0. The minimum Gasteiger partial charge on any atom is -0.385 e. The van der Waals surface area contributed by atoms with Gasteiger partial charge in [-0.05, 0) is 47.1 Å². The van der Waals surface area contributed by atoms with Crippen molar-refractivity contribution in [1.82, 2.24) is 0 Å². The smallest absolute Gasteiger partial charge is 0.0909 e. The van der Waals surface area contributed by atoms with Crippen molar-refractivity contribution in [3.63, 3.8) is 0 Å². The lowest BCUT2D eigenvalue weighted by atomic mass is 9.89. The predicted octanol–water partition coefficient (Wildman–Crippen LogP) is 3.00. The van der Waals surface area contributed by atoms with Crippen LogP contribution in [0.15, 0.2) is 16.8 Å². The minimum absolute atomic E-state index is 0.325. The van der Waals surface area contributed by atoms with Crippen LogP contribution in [0.4, 0.5) is 0 Å². The third-order valence-electron chi connectivity index (χ3n) is 3.30. The van der Waals surface area contributed by atoms with Crippen LogP contribution in [0.2, 0.25) is 0 Å². The second-order valence-corrected chi connectivity index (χ2v) is 5.68. The van der Waals surface area contributed by atoms with Crippen molar-refractivity contribution in [3.8, 4) is 0 Å². The molecule has 1 aliphatic rings. The highest BCUT2D eigenvalue weighted by Gasteiger charge is 2.56. The van der Waals surface area contributed by atoms with Gasteiger partial charge in [-0.1, -0.05) is 13.8 Å². The molecule has 0 aromatic carbocycles. The van der Waals surface area contributed by atoms with Crippen LogP contribution >= 0.6 is 11.3 Å². The largest absolute Gasteiger partial charge is 0.385 e. The molecule has 13 heavy (non-hydrogen) atoms. The van der Waals surface area contributed by atoms with Crippen molar-refractivity contribution in [2.75, 3.05) is 0 Å². The lowest BCUT2D eigenvalue weighted by Gasteiger charge is -2.24. The van der Waals surface area contributed by atoms with E-state index in [1.807, 2.05) is 18.4 Å². The molecule has 1 aromatic heterocycles. The van der Waals surface area contributed by atoms with Gasteiger partial charge in [0, 0.05) is 0 Å². The molecule has 1 nitrogen and oxygen atoms in total. The van der Waals surface area contributed by atoms with Crippen LogP contribution in [-0.2, 0) is 5.60 Å². The topological polar surface area (TPSA) is 20.2 Å². The number of thiophene rings is 1. The Morgan fingerprint density at radius 1 is 1.62 bits per heavy atom. The third kappa shape index (κ3) is 1.42. The molecule has 0 bridgehead atoms. The molecule has 0 amide bonds. The van der Waals surface area contributed by atoms with Crippen LogP contribution in [0, 0.1) is 11.3 Å². The summed E-state index contributed by atoms with van der Waals surface area (Å²) in [6, 6.07) is 2.03. The Morgan fingerprint density at radius 3 is 2.62 bits per heavy atom. The van der Waals surface area contributed by atoms with E-state index in [-0.39, 0.29) is 0 Å². The highest BCUT2D eigenvalue weighted by molar-refractivity contribution is 7.08. The Bertz CT molecular complexity index is 298. The van der Waals surface area contributed by atoms with Gasteiger partial charge in [0.05, 0.1) is 5.60 Å². The van der Waals surface area contributed by atoms with Crippen LogP contribution in [0.25, 0.3) is 0 Å². The number of aliphatic hydroxyl groups is 1. The summed E-state index contributed by atoms with van der Waals surface area (Å²) in [5.74, 6) is 0.426. The second kappa shape index (κ2) is 2.58. The molecular weight excluding hydrogens is 180 g/mol. The first-order valence-corrected chi connectivity index (χ1v) is 5.64. The average molecular weight is 196 g/mol. The van der Waals surface area contributed by atoms with Gasteiger partial charge >= 0.3 is 0 Å². The van der Waals surface area contributed by atoms with E-state index in [0.29, 0.717) is 11.3 Å². The Labute approximate surface area is 83.4 Å². The highest BCUT2D eigenvalue weighted by Crippen LogP contribution is 2.60. The molecular formula is C11H16OS. The zero-order valence-corrected chi connectivity index (χ0v) is 9.19. The summed E-state index contributed by atoms with van der Waals surface area (Å²) in [4.78, 5) is 0. The van der Waals surface area contributed by atoms with Crippen molar-refractivity contribution in [2.45, 2.75) is 32.8 Å². The summed E-state index contributed by atoms with van der Waals surface area (Å²) in [6.07, 6.45) is 1.13. The fourth-order valence-electron chi connectivity index (χ4n) is 2.18. The van der Waals surface area contributed by atoms with E-state index in [9.17, 15) is 5.11 Å². The average Bonchev–Trinajstić information content (AvgIpc) is 2.56. The summed E-state index contributed by atoms with van der Waals surface area (Å²) >= 11 is 1.65. The highest BCUT2D eigenvalue weighted by atomic mass is 32.1. The van der Waals surface area contributed by atoms with E-state index in [2.05, 4.69) is 19.2 Å². The van der Waals surface area contributed by atoms with Gasteiger partial charge in [0.15, 0.2) is 0 Å². The number of hydrogen-bond donors (Lipinski definition) is 1. The van der Waals surface area contributed by atoms with Crippen molar-refractivity contribution in [2.24, 2.45) is 11.3 Å². The van der Waals surface area contributed by atoms with E-state index in [1.54, 1.807) is 11.3 Å². The van der Waals surface area contributed by atoms with Crippen molar-refractivity contribution >= 4 is 11.3 Å². The zero-order chi connectivity index (χ0) is 9.69. The molecule has 1 heterocycles. The number of hydrogen-bond acceptors (Lipinski definition) is 2. The minimum atomic E-state index is -0.622. The summed E-state index contributed by atoms with van der Waals surface area (Å²) in [5, 5.41) is 14.4. The van der Waals surface area contributed by atoms with Gasteiger partial charge in [-0.2, -0.15) is 11.3 Å². The molecule has 0 spiro atoms. The van der Waals surface area contributed by atoms with E-state index in [1.165, 1.54) is 0 Å². The van der Waals surface area contributed by atoms with Gasteiger partial charge in [-0.3, -0.25) is 0 Å². The van der Waals surface area contributed by atoms with Crippen molar-refractivity contribution in [1.29, 1.82) is 0 Å². The molecule has 1 aliphatic carbocycles. The second-order valence-electron chi connectivity index (χ2n) is 4.90. The summed E-state index contributed by atoms with van der Waals surface area (Å²) in [5.41, 5.74) is 0.780. The molecule has 0 radical (unpaired) electrons. The number of rotatable bonds is 2. The predicted molar refractivity (Wildman–Crippen MR) is 55.8 cm³/mol. The maximum Gasteiger partial charge on any atom is 0.0909 e. The van der Waals surface area contributed by atoms with E-state index in [4.69, 9.17) is 0 Å². The Kier molecular flexibility index (Phi) is 1.83. The van der Waals surface area contributed by atoms with Crippen LogP contribution in [0.5, 0.6) is 0 Å². The molecule has 72 valence electrons. The van der Waals surface area contributed by atoms with Crippen LogP contribution in [0.3, 0.4) is 0 Å². The van der Waals surface area contributed by atoms with Gasteiger partial charge in [0.25, 0.3) is 0 Å². The molecule has 2 rings (SSSR count). The van der Waals surface area contributed by atoms with Gasteiger partial charge in [-0.15, -0.1) is 0 Å². The molecule has 1 fully saturated rings. The van der Waals surface area contributed by atoms with Crippen LogP contribution < -0.4 is 0 Å². The standard InChI is InChI=1S/C11H16OS/c1-10(2)6-9(10)11(3,12)8-4-5-13-7-8/h4-5,7,9,12H,6H2,1-3H3. The fraction of sp³-hybridized carbons (Fsp3) is 0.636. The molecule has 0 saturated heterocycles. The third-order valence-corrected chi connectivity index (χ3v) is 3.98. The Balaban J connectivity index is 2.23. The quantitative estimate of drug-likeness (QED) is 0.771. The van der Waals surface area contributed by atoms with Gasteiger partial charge < -0.3 is 5.11 Å². The van der Waals surface area contributed by atoms with Gasteiger partial charge in [0.2, 0.25) is 0 Å².